The van der Waals surface area contributed by atoms with Crippen LogP contribution in [0, 0.1) is 5.92 Å². The van der Waals surface area contributed by atoms with Crippen LogP contribution in [-0.4, -0.2) is 37.8 Å². The Bertz CT molecular complexity index is 1140. The Morgan fingerprint density at radius 3 is 2.79 bits per heavy atom. The summed E-state index contributed by atoms with van der Waals surface area (Å²) in [5, 5.41) is 2.90. The van der Waals surface area contributed by atoms with Gasteiger partial charge in [-0.2, -0.15) is 0 Å². The highest BCUT2D eigenvalue weighted by atomic mass is 16.2. The molecule has 172 valence electrons. The van der Waals surface area contributed by atoms with Crippen molar-refractivity contribution in [1.29, 1.82) is 0 Å². The maximum Gasteiger partial charge on any atom is 0.255 e. The number of anilines is 1. The normalized spacial score (nSPS) is 13.9. The lowest BCUT2D eigenvalue weighted by molar-refractivity contribution is -0.136. The van der Waals surface area contributed by atoms with Crippen molar-refractivity contribution in [3.05, 3.63) is 77.0 Å². The van der Waals surface area contributed by atoms with Crippen LogP contribution in [0.15, 0.2) is 48.8 Å². The molecule has 1 atom stereocenters. The standard InChI is InChI=1S/C25H30N6O2/c1-3-22-27-10-12-30(22)15-17(2)25(33)31-11-9-21-19(16-31)13-20(23(26)29-21)24(32)28-14-18-7-5-4-6-8-18/h4-8,10,12-13,17H,3,9,11,14-16H2,1-2H3,(H2,26,29)(H,28,32)/t17-/m1/s1. The van der Waals surface area contributed by atoms with Gasteiger partial charge in [0.05, 0.1) is 11.5 Å². The zero-order valence-corrected chi connectivity index (χ0v) is 19.1. The monoisotopic (exact) mass is 446 g/mol. The first-order valence-electron chi connectivity index (χ1n) is 11.4. The van der Waals surface area contributed by atoms with Crippen LogP contribution in [0.2, 0.25) is 0 Å². The van der Waals surface area contributed by atoms with Gasteiger partial charge in [0.15, 0.2) is 0 Å². The number of pyridine rings is 1. The number of aromatic nitrogens is 3. The predicted octanol–water partition coefficient (Wildman–Crippen LogP) is 2.57. The van der Waals surface area contributed by atoms with Gasteiger partial charge in [0.2, 0.25) is 5.91 Å². The van der Waals surface area contributed by atoms with Gasteiger partial charge in [0, 0.05) is 57.1 Å². The Morgan fingerprint density at radius 1 is 1.24 bits per heavy atom. The fourth-order valence-corrected chi connectivity index (χ4v) is 4.24. The first-order valence-corrected chi connectivity index (χ1v) is 11.4. The third-order valence-corrected chi connectivity index (χ3v) is 6.06. The molecule has 0 aliphatic carbocycles. The number of nitrogens with zero attached hydrogens (tertiary/aromatic N) is 4. The van der Waals surface area contributed by atoms with Crippen LogP contribution in [0.5, 0.6) is 0 Å². The third kappa shape index (κ3) is 5.05. The lowest BCUT2D eigenvalue weighted by atomic mass is 10.0. The Morgan fingerprint density at radius 2 is 2.03 bits per heavy atom. The second kappa shape index (κ2) is 9.85. The summed E-state index contributed by atoms with van der Waals surface area (Å²) in [6.07, 6.45) is 5.14. The van der Waals surface area contributed by atoms with Gasteiger partial charge in [-0.1, -0.05) is 44.2 Å². The molecule has 0 bridgehead atoms. The maximum atomic E-state index is 13.1. The highest BCUT2D eigenvalue weighted by Gasteiger charge is 2.27. The summed E-state index contributed by atoms with van der Waals surface area (Å²) in [4.78, 5) is 36.6. The van der Waals surface area contributed by atoms with Crippen LogP contribution in [0.25, 0.3) is 0 Å². The average molecular weight is 447 g/mol. The van der Waals surface area contributed by atoms with Gasteiger partial charge < -0.3 is 20.5 Å². The van der Waals surface area contributed by atoms with Gasteiger partial charge in [0.25, 0.3) is 5.91 Å². The summed E-state index contributed by atoms with van der Waals surface area (Å²) >= 11 is 0. The molecule has 3 heterocycles. The van der Waals surface area contributed by atoms with Gasteiger partial charge in [0.1, 0.15) is 11.6 Å². The van der Waals surface area contributed by atoms with Crippen molar-refractivity contribution in [2.45, 2.75) is 46.3 Å². The lowest BCUT2D eigenvalue weighted by Gasteiger charge is -2.31. The van der Waals surface area contributed by atoms with Crippen molar-refractivity contribution in [3.8, 4) is 0 Å². The summed E-state index contributed by atoms with van der Waals surface area (Å²) in [5.41, 5.74) is 9.18. The van der Waals surface area contributed by atoms with E-state index < -0.39 is 0 Å². The first-order chi connectivity index (χ1) is 16.0. The maximum absolute atomic E-state index is 13.1. The van der Waals surface area contributed by atoms with Crippen LogP contribution in [0.3, 0.4) is 0 Å². The molecule has 0 radical (unpaired) electrons. The van der Waals surface area contributed by atoms with Crippen LogP contribution in [0.4, 0.5) is 5.82 Å². The molecule has 3 aromatic rings. The number of benzene rings is 1. The summed E-state index contributed by atoms with van der Waals surface area (Å²) in [6, 6.07) is 11.5. The number of imidazole rings is 1. The van der Waals surface area contributed by atoms with Crippen LogP contribution in [0.1, 0.15) is 46.9 Å². The van der Waals surface area contributed by atoms with E-state index in [0.29, 0.717) is 38.2 Å². The Balaban J connectivity index is 1.44. The molecule has 0 saturated heterocycles. The molecule has 1 aliphatic rings. The minimum absolute atomic E-state index is 0.0864. The molecule has 0 saturated carbocycles. The molecule has 8 nitrogen and oxygen atoms in total. The van der Waals surface area contributed by atoms with Crippen LogP contribution < -0.4 is 11.1 Å². The molecular weight excluding hydrogens is 416 g/mol. The quantitative estimate of drug-likeness (QED) is 0.580. The van der Waals surface area contributed by atoms with E-state index in [0.717, 1.165) is 29.1 Å². The molecule has 1 aliphatic heterocycles. The van der Waals surface area contributed by atoms with E-state index >= 15 is 0 Å². The SMILES string of the molecule is CCc1nccn1C[C@@H](C)C(=O)N1CCc2nc(N)c(C(=O)NCc3ccccc3)cc2C1. The molecule has 3 N–H and O–H groups in total. The van der Waals surface area contributed by atoms with E-state index in [1.54, 1.807) is 12.3 Å². The van der Waals surface area contributed by atoms with Crippen molar-refractivity contribution >= 4 is 17.6 Å². The molecule has 2 aromatic heterocycles. The fourth-order valence-electron chi connectivity index (χ4n) is 4.24. The highest BCUT2D eigenvalue weighted by molar-refractivity contribution is 5.98. The summed E-state index contributed by atoms with van der Waals surface area (Å²) in [6.45, 7) is 6.02. The summed E-state index contributed by atoms with van der Waals surface area (Å²) in [5.74, 6) is 0.838. The number of amides is 2. The Labute approximate surface area is 193 Å². The van der Waals surface area contributed by atoms with Gasteiger partial charge in [-0.25, -0.2) is 9.97 Å². The van der Waals surface area contributed by atoms with Gasteiger partial charge >= 0.3 is 0 Å². The van der Waals surface area contributed by atoms with E-state index in [4.69, 9.17) is 5.73 Å². The second-order valence-corrected chi connectivity index (χ2v) is 8.46. The summed E-state index contributed by atoms with van der Waals surface area (Å²) < 4.78 is 2.04. The van der Waals surface area contributed by atoms with Gasteiger partial charge in [-0.15, -0.1) is 0 Å². The largest absolute Gasteiger partial charge is 0.383 e. The Kier molecular flexibility index (Phi) is 6.72. The molecular formula is C25H30N6O2. The zero-order valence-electron chi connectivity index (χ0n) is 19.1. The van der Waals surface area contributed by atoms with Crippen molar-refractivity contribution in [2.75, 3.05) is 12.3 Å². The minimum atomic E-state index is -0.268. The van der Waals surface area contributed by atoms with E-state index in [-0.39, 0.29) is 23.6 Å². The smallest absolute Gasteiger partial charge is 0.255 e. The number of carbonyl (C=O) groups is 2. The molecule has 0 fully saturated rings. The van der Waals surface area contributed by atoms with E-state index in [1.165, 1.54) is 0 Å². The topological polar surface area (TPSA) is 106 Å². The molecule has 4 rings (SSSR count). The third-order valence-electron chi connectivity index (χ3n) is 6.06. The number of rotatable bonds is 7. The van der Waals surface area contributed by atoms with Crippen LogP contribution in [-0.2, 0) is 37.3 Å². The van der Waals surface area contributed by atoms with E-state index in [9.17, 15) is 9.59 Å². The number of carbonyl (C=O) groups excluding carboxylic acids is 2. The Hall–Kier alpha value is -3.68. The number of nitrogen functional groups attached to an aromatic ring is 1. The van der Waals surface area contributed by atoms with Gasteiger partial charge in [-0.3, -0.25) is 9.59 Å². The summed E-state index contributed by atoms with van der Waals surface area (Å²) in [7, 11) is 0. The number of aryl methyl sites for hydroxylation is 1. The molecule has 33 heavy (non-hydrogen) atoms. The zero-order chi connectivity index (χ0) is 23.4. The van der Waals surface area contributed by atoms with Crippen LogP contribution >= 0.6 is 0 Å². The van der Waals surface area contributed by atoms with Crippen molar-refractivity contribution in [1.82, 2.24) is 24.8 Å². The van der Waals surface area contributed by atoms with Crippen molar-refractivity contribution < 1.29 is 9.59 Å². The number of hydrogen-bond donors (Lipinski definition) is 2. The second-order valence-electron chi connectivity index (χ2n) is 8.46. The predicted molar refractivity (Wildman–Crippen MR) is 126 cm³/mol. The molecule has 0 spiro atoms. The van der Waals surface area contributed by atoms with Crippen molar-refractivity contribution in [2.24, 2.45) is 5.92 Å². The van der Waals surface area contributed by atoms with E-state index in [1.807, 2.05) is 52.9 Å². The molecule has 8 heteroatoms. The number of nitrogens with one attached hydrogen (secondary N) is 1. The molecule has 2 amide bonds. The fraction of sp³-hybridized carbons (Fsp3) is 0.360. The number of hydrogen-bond acceptors (Lipinski definition) is 5. The first kappa shape index (κ1) is 22.5. The molecule has 1 aromatic carbocycles. The lowest BCUT2D eigenvalue weighted by Crippen LogP contribution is -2.40. The number of nitrogens with two attached hydrogens (primary N) is 1. The molecule has 0 unspecified atom stereocenters. The van der Waals surface area contributed by atoms with Crippen molar-refractivity contribution in [3.63, 3.8) is 0 Å². The average Bonchev–Trinajstić information content (AvgIpc) is 3.29. The van der Waals surface area contributed by atoms with E-state index in [2.05, 4.69) is 22.2 Å². The highest BCUT2D eigenvalue weighted by Crippen LogP contribution is 2.23. The minimum Gasteiger partial charge on any atom is -0.383 e. The van der Waals surface area contributed by atoms with Gasteiger partial charge in [-0.05, 0) is 17.2 Å². The number of fused-ring (bicyclic) bond motifs is 1.